The molecule has 0 aliphatic heterocycles. The van der Waals surface area contributed by atoms with Crippen LogP contribution < -0.4 is 14.2 Å². The minimum absolute atomic E-state index is 0.0342. The third-order valence-corrected chi connectivity index (χ3v) is 4.88. The molecule has 0 saturated heterocycles. The molecule has 0 aliphatic rings. The van der Waals surface area contributed by atoms with E-state index < -0.39 is 10.0 Å². The fourth-order valence-corrected chi connectivity index (χ4v) is 3.47. The molecule has 0 aliphatic carbocycles. The largest absolute Gasteiger partial charge is 0.492 e. The number of aromatic nitrogens is 2. The van der Waals surface area contributed by atoms with Gasteiger partial charge in [-0.2, -0.15) is 0 Å². The second kappa shape index (κ2) is 8.64. The summed E-state index contributed by atoms with van der Waals surface area (Å²) in [5.74, 6) is 0.950. The van der Waals surface area contributed by atoms with Crippen molar-refractivity contribution in [3.8, 4) is 11.6 Å². The Labute approximate surface area is 178 Å². The summed E-state index contributed by atoms with van der Waals surface area (Å²) in [6, 6.07) is 4.94. The number of sulfonamides is 1. The van der Waals surface area contributed by atoms with Crippen LogP contribution in [0.25, 0.3) is 11.0 Å². The van der Waals surface area contributed by atoms with Crippen LogP contribution in [0.3, 0.4) is 0 Å². The summed E-state index contributed by atoms with van der Waals surface area (Å²) in [6.07, 6.45) is 3.01. The first-order chi connectivity index (χ1) is 13.6. The lowest BCUT2D eigenvalue weighted by Crippen LogP contribution is -2.09. The molecule has 3 rings (SSSR count). The molecule has 1 N–H and O–H groups in total. The van der Waals surface area contributed by atoms with Gasteiger partial charge in [-0.3, -0.25) is 4.72 Å². The predicted molar refractivity (Wildman–Crippen MR) is 112 cm³/mol. The SMILES string of the molecule is CC(C)Oc1ncc(OCCc2cc3onc(NS(C)(=O)=O)c3cc2Cl)cc1Cl. The molecule has 0 fully saturated rings. The number of benzene rings is 1. The van der Waals surface area contributed by atoms with Gasteiger partial charge in [0.25, 0.3) is 0 Å². The maximum absolute atomic E-state index is 11.4. The molecular weight excluding hydrogens is 441 g/mol. The first-order valence-corrected chi connectivity index (χ1v) is 11.3. The molecule has 0 atom stereocenters. The van der Waals surface area contributed by atoms with Crippen molar-refractivity contribution in [2.45, 2.75) is 26.4 Å². The number of nitrogens with one attached hydrogen (secondary N) is 1. The van der Waals surface area contributed by atoms with Crippen LogP contribution >= 0.6 is 23.2 Å². The Kier molecular flexibility index (Phi) is 6.40. The highest BCUT2D eigenvalue weighted by Gasteiger charge is 2.15. The average Bonchev–Trinajstić information content (AvgIpc) is 2.97. The molecule has 0 amide bonds. The van der Waals surface area contributed by atoms with E-state index in [2.05, 4.69) is 14.9 Å². The van der Waals surface area contributed by atoms with E-state index in [0.29, 0.717) is 45.7 Å². The molecular formula is C18H19Cl2N3O5S. The Bertz CT molecular complexity index is 1130. The van der Waals surface area contributed by atoms with Gasteiger partial charge in [-0.25, -0.2) is 13.4 Å². The zero-order chi connectivity index (χ0) is 21.2. The highest BCUT2D eigenvalue weighted by Crippen LogP contribution is 2.30. The Morgan fingerprint density at radius 1 is 1.21 bits per heavy atom. The van der Waals surface area contributed by atoms with Gasteiger partial charge in [-0.1, -0.05) is 28.4 Å². The highest BCUT2D eigenvalue weighted by atomic mass is 35.5. The van der Waals surface area contributed by atoms with Crippen molar-refractivity contribution >= 4 is 50.0 Å². The highest BCUT2D eigenvalue weighted by molar-refractivity contribution is 7.92. The van der Waals surface area contributed by atoms with E-state index in [-0.39, 0.29) is 11.9 Å². The number of anilines is 1. The van der Waals surface area contributed by atoms with Gasteiger partial charge in [0.1, 0.15) is 10.8 Å². The van der Waals surface area contributed by atoms with Gasteiger partial charge >= 0.3 is 0 Å². The monoisotopic (exact) mass is 459 g/mol. The first-order valence-electron chi connectivity index (χ1n) is 8.63. The molecule has 2 heterocycles. The summed E-state index contributed by atoms with van der Waals surface area (Å²) in [5, 5.41) is 5.02. The lowest BCUT2D eigenvalue weighted by Gasteiger charge is -2.12. The maximum Gasteiger partial charge on any atom is 0.233 e. The molecule has 8 nitrogen and oxygen atoms in total. The fraction of sp³-hybridized carbons (Fsp3) is 0.333. The van der Waals surface area contributed by atoms with Crippen molar-refractivity contribution in [1.29, 1.82) is 0 Å². The number of rotatable bonds is 8. The summed E-state index contributed by atoms with van der Waals surface area (Å²) in [7, 11) is -3.48. The van der Waals surface area contributed by atoms with E-state index in [0.717, 1.165) is 11.8 Å². The van der Waals surface area contributed by atoms with E-state index in [1.165, 1.54) is 6.20 Å². The fourth-order valence-electron chi connectivity index (χ4n) is 2.52. The standard InChI is InChI=1S/C18H19Cl2N3O5S/c1-10(2)27-18-15(20)7-12(9-21-18)26-5-4-11-6-16-13(8-14(11)19)17(22-28-16)23-29(3,24)25/h6-10H,4-5H2,1-3H3,(H,22,23). The lowest BCUT2D eigenvalue weighted by molar-refractivity contribution is 0.231. The van der Waals surface area contributed by atoms with Gasteiger partial charge < -0.3 is 14.0 Å². The number of pyridine rings is 1. The minimum atomic E-state index is -3.48. The summed E-state index contributed by atoms with van der Waals surface area (Å²) >= 11 is 12.5. The molecule has 2 aromatic heterocycles. The third kappa shape index (κ3) is 5.65. The van der Waals surface area contributed by atoms with Gasteiger partial charge in [-0.15, -0.1) is 0 Å². The number of nitrogens with zero attached hydrogens (tertiary/aromatic N) is 2. The Hall–Kier alpha value is -2.23. The molecule has 0 bridgehead atoms. The molecule has 0 saturated carbocycles. The minimum Gasteiger partial charge on any atom is -0.492 e. The van der Waals surface area contributed by atoms with Crippen molar-refractivity contribution in [1.82, 2.24) is 10.1 Å². The molecule has 29 heavy (non-hydrogen) atoms. The van der Waals surface area contributed by atoms with Crippen LogP contribution in [0.5, 0.6) is 11.6 Å². The summed E-state index contributed by atoms with van der Waals surface area (Å²) in [6.45, 7) is 4.09. The van der Waals surface area contributed by atoms with Crippen molar-refractivity contribution < 1.29 is 22.4 Å². The van der Waals surface area contributed by atoms with E-state index >= 15 is 0 Å². The Morgan fingerprint density at radius 3 is 2.62 bits per heavy atom. The number of ether oxygens (including phenoxy) is 2. The third-order valence-electron chi connectivity index (χ3n) is 3.69. The van der Waals surface area contributed by atoms with Gasteiger partial charge in [0.05, 0.1) is 30.5 Å². The van der Waals surface area contributed by atoms with Gasteiger partial charge in [0.2, 0.25) is 15.9 Å². The molecule has 0 unspecified atom stereocenters. The average molecular weight is 460 g/mol. The number of halogens is 2. The summed E-state index contributed by atoms with van der Waals surface area (Å²) in [5.41, 5.74) is 1.18. The van der Waals surface area contributed by atoms with Crippen LogP contribution in [0.1, 0.15) is 19.4 Å². The van der Waals surface area contributed by atoms with Gasteiger partial charge in [0, 0.05) is 17.5 Å². The van der Waals surface area contributed by atoms with E-state index in [1.807, 2.05) is 13.8 Å². The smallest absolute Gasteiger partial charge is 0.233 e. The van der Waals surface area contributed by atoms with E-state index in [9.17, 15) is 8.42 Å². The van der Waals surface area contributed by atoms with Crippen molar-refractivity contribution in [3.05, 3.63) is 40.0 Å². The Balaban J connectivity index is 1.68. The van der Waals surface area contributed by atoms with Crippen molar-refractivity contribution in [2.75, 3.05) is 17.6 Å². The number of hydrogen-bond acceptors (Lipinski definition) is 7. The molecule has 11 heteroatoms. The number of fused-ring (bicyclic) bond motifs is 1. The topological polar surface area (TPSA) is 104 Å². The summed E-state index contributed by atoms with van der Waals surface area (Å²) < 4.78 is 41.5. The molecule has 0 spiro atoms. The van der Waals surface area contributed by atoms with Crippen LogP contribution in [0, 0.1) is 0 Å². The van der Waals surface area contributed by atoms with Gasteiger partial charge in [-0.05, 0) is 31.5 Å². The van der Waals surface area contributed by atoms with Crippen LogP contribution in [0.4, 0.5) is 5.82 Å². The zero-order valence-electron chi connectivity index (χ0n) is 15.9. The maximum atomic E-state index is 11.4. The second-order valence-corrected chi connectivity index (χ2v) is 9.13. The lowest BCUT2D eigenvalue weighted by atomic mass is 10.1. The molecule has 0 radical (unpaired) electrons. The van der Waals surface area contributed by atoms with Crippen LogP contribution in [-0.4, -0.2) is 37.5 Å². The number of hydrogen-bond donors (Lipinski definition) is 1. The Morgan fingerprint density at radius 2 is 1.97 bits per heavy atom. The van der Waals surface area contributed by atoms with Crippen molar-refractivity contribution in [2.24, 2.45) is 0 Å². The second-order valence-electron chi connectivity index (χ2n) is 6.57. The molecule has 1 aromatic carbocycles. The molecule has 156 valence electrons. The van der Waals surface area contributed by atoms with Crippen LogP contribution in [0.15, 0.2) is 28.9 Å². The van der Waals surface area contributed by atoms with E-state index in [1.54, 1.807) is 18.2 Å². The normalized spacial score (nSPS) is 11.8. The van der Waals surface area contributed by atoms with Crippen LogP contribution in [0.2, 0.25) is 10.0 Å². The zero-order valence-corrected chi connectivity index (χ0v) is 18.2. The summed E-state index contributed by atoms with van der Waals surface area (Å²) in [4.78, 5) is 4.15. The predicted octanol–water partition coefficient (Wildman–Crippen LogP) is 4.31. The quantitative estimate of drug-likeness (QED) is 0.534. The van der Waals surface area contributed by atoms with E-state index in [4.69, 9.17) is 37.2 Å². The molecule has 3 aromatic rings. The van der Waals surface area contributed by atoms with Crippen LogP contribution in [-0.2, 0) is 16.4 Å². The van der Waals surface area contributed by atoms with Crippen molar-refractivity contribution in [3.63, 3.8) is 0 Å². The van der Waals surface area contributed by atoms with Gasteiger partial charge in [0.15, 0.2) is 11.4 Å². The first kappa shape index (κ1) is 21.5.